The number of hydrogen-bond acceptors (Lipinski definition) is 8. The quantitative estimate of drug-likeness (QED) is 0.136. The molecule has 47 heavy (non-hydrogen) atoms. The summed E-state index contributed by atoms with van der Waals surface area (Å²) in [6.07, 6.45) is 4.27. The average molecular weight is 635 g/mol. The van der Waals surface area contributed by atoms with E-state index >= 15 is 0 Å². The number of aromatic nitrogens is 6. The van der Waals surface area contributed by atoms with Crippen LogP contribution in [0.5, 0.6) is 5.75 Å². The Bertz CT molecular complexity index is 1930. The van der Waals surface area contributed by atoms with Crippen LogP contribution in [0.2, 0.25) is 0 Å². The number of carbonyl (C=O) groups is 2. The summed E-state index contributed by atoms with van der Waals surface area (Å²) in [5.74, 6) is -0.266. The molecule has 0 spiro atoms. The molecule has 0 amide bonds. The van der Waals surface area contributed by atoms with E-state index in [2.05, 4.69) is 34.5 Å². The minimum Gasteiger partial charge on any atom is -0.462 e. The fourth-order valence-corrected chi connectivity index (χ4v) is 6.34. The summed E-state index contributed by atoms with van der Waals surface area (Å²) in [6.45, 7) is 6.20. The maximum Gasteiger partial charge on any atom is 0.338 e. The summed E-state index contributed by atoms with van der Waals surface area (Å²) in [5.41, 5.74) is 5.63. The topological polar surface area (TPSA) is 134 Å². The van der Waals surface area contributed by atoms with Crippen LogP contribution in [0.4, 0.5) is 0 Å². The van der Waals surface area contributed by atoms with E-state index in [1.165, 1.54) is 6.07 Å². The predicted octanol–water partition coefficient (Wildman–Crippen LogP) is 6.11. The highest BCUT2D eigenvalue weighted by molar-refractivity contribution is 5.90. The number of esters is 2. The normalized spacial score (nSPS) is 15.6. The Labute approximate surface area is 272 Å². The molecule has 3 heterocycles. The van der Waals surface area contributed by atoms with E-state index in [9.17, 15) is 14.4 Å². The first-order valence-electron chi connectivity index (χ1n) is 16.1. The molecule has 11 nitrogen and oxygen atoms in total. The number of aromatic amines is 1. The highest BCUT2D eigenvalue weighted by Gasteiger charge is 2.36. The van der Waals surface area contributed by atoms with Crippen LogP contribution in [0.15, 0.2) is 77.6 Å². The van der Waals surface area contributed by atoms with Crippen molar-refractivity contribution in [3.05, 3.63) is 106 Å². The van der Waals surface area contributed by atoms with Crippen LogP contribution in [0.3, 0.4) is 0 Å². The van der Waals surface area contributed by atoms with Gasteiger partial charge in [0, 0.05) is 29.3 Å². The molecule has 0 saturated carbocycles. The Morgan fingerprint density at radius 1 is 0.957 bits per heavy atom. The van der Waals surface area contributed by atoms with Crippen LogP contribution in [0.1, 0.15) is 85.7 Å². The van der Waals surface area contributed by atoms with Gasteiger partial charge in [-0.1, -0.05) is 67.9 Å². The predicted molar refractivity (Wildman–Crippen MR) is 176 cm³/mol. The average Bonchev–Trinajstić information content (AvgIpc) is 3.72. The minimum atomic E-state index is -0.789. The van der Waals surface area contributed by atoms with Crippen molar-refractivity contribution in [1.29, 1.82) is 0 Å². The van der Waals surface area contributed by atoms with Gasteiger partial charge in [-0.3, -0.25) is 9.48 Å². The summed E-state index contributed by atoms with van der Waals surface area (Å²) in [5, 5.41) is 14.5. The Hall–Kier alpha value is -5.32. The van der Waals surface area contributed by atoms with Crippen LogP contribution in [0, 0.1) is 0 Å². The van der Waals surface area contributed by atoms with Crippen LogP contribution in [-0.4, -0.2) is 48.5 Å². The smallest absolute Gasteiger partial charge is 0.338 e. The molecule has 0 saturated heterocycles. The van der Waals surface area contributed by atoms with Gasteiger partial charge in [-0.15, -0.1) is 10.2 Å². The van der Waals surface area contributed by atoms with E-state index in [1.54, 1.807) is 29.8 Å². The lowest BCUT2D eigenvalue weighted by Crippen LogP contribution is -2.39. The van der Waals surface area contributed by atoms with Gasteiger partial charge >= 0.3 is 11.9 Å². The van der Waals surface area contributed by atoms with E-state index < -0.39 is 18.0 Å². The molecule has 5 aromatic rings. The van der Waals surface area contributed by atoms with Gasteiger partial charge in [0.15, 0.2) is 6.04 Å². The number of carbonyl (C=O) groups excluding carboxylic acids is 2. The molecule has 0 fully saturated rings. The number of nitrogens with one attached hydrogen (secondary N) is 1. The summed E-state index contributed by atoms with van der Waals surface area (Å²) in [7, 11) is 0. The number of H-pyrrole nitrogens is 1. The Kier molecular flexibility index (Phi) is 9.42. The second kappa shape index (κ2) is 14.0. The largest absolute Gasteiger partial charge is 0.462 e. The number of fused-ring (bicyclic) bond motifs is 1. The molecule has 11 heteroatoms. The molecule has 2 atom stereocenters. The van der Waals surface area contributed by atoms with Crippen molar-refractivity contribution in [3.63, 3.8) is 0 Å². The van der Waals surface area contributed by atoms with Gasteiger partial charge in [0.25, 0.3) is 5.56 Å². The van der Waals surface area contributed by atoms with Crippen molar-refractivity contribution in [2.24, 2.45) is 0 Å². The standard InChI is InChI=1S/C36H38N6O5/c1-4-6-14-31-30(21-24-16-18-25(19-17-24)28-12-7-8-13-29(28)33-37-39-40-38-33)34(43)42-32(20-15-23(3)41(31)42)36(45)47-27-11-9-10-26(22-27)35(44)46-5-2/h7-13,16-19,22-23,32H,4-6,14-15,20-21H2,1-3H3,(H,37,38,39,40). The lowest BCUT2D eigenvalue weighted by molar-refractivity contribution is -0.140. The van der Waals surface area contributed by atoms with Gasteiger partial charge in [-0.25, -0.2) is 14.3 Å². The fraction of sp³-hybridized carbons (Fsp3) is 0.333. The Balaban J connectivity index is 1.31. The van der Waals surface area contributed by atoms with E-state index in [4.69, 9.17) is 9.47 Å². The Morgan fingerprint density at radius 2 is 1.74 bits per heavy atom. The van der Waals surface area contributed by atoms with Crippen LogP contribution in [0.25, 0.3) is 22.5 Å². The lowest BCUT2D eigenvalue weighted by Gasteiger charge is -2.31. The molecule has 0 radical (unpaired) electrons. The molecule has 1 N–H and O–H groups in total. The maximum absolute atomic E-state index is 14.2. The summed E-state index contributed by atoms with van der Waals surface area (Å²) >= 11 is 0. The van der Waals surface area contributed by atoms with Crippen LogP contribution >= 0.6 is 0 Å². The third kappa shape index (κ3) is 6.51. The number of rotatable bonds is 11. The summed E-state index contributed by atoms with van der Waals surface area (Å²) < 4.78 is 14.5. The van der Waals surface area contributed by atoms with Crippen LogP contribution in [-0.2, 0) is 22.4 Å². The number of hydrogen-bond donors (Lipinski definition) is 1. The molecule has 1 aliphatic rings. The lowest BCUT2D eigenvalue weighted by atomic mass is 9.96. The summed E-state index contributed by atoms with van der Waals surface area (Å²) in [6, 6.07) is 21.7. The molecular formula is C36H38N6O5. The monoisotopic (exact) mass is 634 g/mol. The zero-order chi connectivity index (χ0) is 32.9. The molecule has 0 aliphatic carbocycles. The first-order valence-corrected chi connectivity index (χ1v) is 16.1. The molecule has 2 aromatic heterocycles. The van der Waals surface area contributed by atoms with Gasteiger partial charge in [0.1, 0.15) is 5.75 Å². The van der Waals surface area contributed by atoms with Gasteiger partial charge in [-0.2, -0.15) is 5.21 Å². The number of nitrogens with zero attached hydrogens (tertiary/aromatic N) is 5. The highest BCUT2D eigenvalue weighted by atomic mass is 16.5. The third-order valence-corrected chi connectivity index (χ3v) is 8.66. The molecule has 3 aromatic carbocycles. The van der Waals surface area contributed by atoms with Crippen molar-refractivity contribution >= 4 is 11.9 Å². The maximum atomic E-state index is 14.2. The van der Waals surface area contributed by atoms with Crippen LogP contribution < -0.4 is 10.3 Å². The van der Waals surface area contributed by atoms with Crippen molar-refractivity contribution < 1.29 is 19.1 Å². The first-order chi connectivity index (χ1) is 22.9. The van der Waals surface area contributed by atoms with Crippen molar-refractivity contribution in [1.82, 2.24) is 30.0 Å². The van der Waals surface area contributed by atoms with Crippen molar-refractivity contribution in [2.45, 2.75) is 71.4 Å². The first kappa shape index (κ1) is 31.7. The zero-order valence-corrected chi connectivity index (χ0v) is 26.8. The van der Waals surface area contributed by atoms with E-state index in [1.807, 2.05) is 53.2 Å². The number of ether oxygens (including phenoxy) is 2. The number of unbranched alkanes of at least 4 members (excludes halogenated alkanes) is 1. The van der Waals surface area contributed by atoms with E-state index in [0.29, 0.717) is 29.8 Å². The van der Waals surface area contributed by atoms with Crippen molar-refractivity contribution in [2.75, 3.05) is 6.61 Å². The zero-order valence-electron chi connectivity index (χ0n) is 26.8. The van der Waals surface area contributed by atoms with Gasteiger partial charge < -0.3 is 9.47 Å². The van der Waals surface area contributed by atoms with Crippen molar-refractivity contribution in [3.8, 4) is 28.3 Å². The molecular weight excluding hydrogens is 596 g/mol. The van der Waals surface area contributed by atoms with Gasteiger partial charge in [0.05, 0.1) is 12.2 Å². The molecule has 1 aliphatic heterocycles. The molecule has 0 bridgehead atoms. The highest BCUT2D eigenvalue weighted by Crippen LogP contribution is 2.33. The summed E-state index contributed by atoms with van der Waals surface area (Å²) in [4.78, 5) is 40.1. The van der Waals surface area contributed by atoms with E-state index in [0.717, 1.165) is 53.6 Å². The Morgan fingerprint density at radius 3 is 2.47 bits per heavy atom. The minimum absolute atomic E-state index is 0.0449. The fourth-order valence-electron chi connectivity index (χ4n) is 6.34. The molecule has 6 rings (SSSR count). The molecule has 242 valence electrons. The molecule has 2 unspecified atom stereocenters. The second-order valence-electron chi connectivity index (χ2n) is 11.8. The number of tetrazole rings is 1. The van der Waals surface area contributed by atoms with E-state index in [-0.39, 0.29) is 24.0 Å². The third-order valence-electron chi connectivity index (χ3n) is 8.66. The van der Waals surface area contributed by atoms with Gasteiger partial charge in [-0.05, 0) is 79.6 Å². The van der Waals surface area contributed by atoms with Gasteiger partial charge in [0.2, 0.25) is 5.82 Å². The second-order valence-corrected chi connectivity index (χ2v) is 11.8. The SMILES string of the molecule is CCCCc1c(Cc2ccc(-c3ccccc3-c3nn[nH]n3)cc2)c(=O)n2n1C(C)CCC2C(=O)Oc1cccc(C(=O)OCC)c1. The number of benzene rings is 3.